The van der Waals surface area contributed by atoms with Crippen LogP contribution < -0.4 is 61.6 Å². The number of aliphatic hydroxyl groups excluding tert-OH is 1. The number of ether oxygens (including phenoxy) is 13. The number of hydrogen-bond donors (Lipinski definition) is 2. The molecule has 1 aliphatic rings. The third-order valence-corrected chi connectivity index (χ3v) is 21.5. The summed E-state index contributed by atoms with van der Waals surface area (Å²) in [5.41, 5.74) is 13.6. The molecule has 12 aromatic carbocycles. The Balaban J connectivity index is 0.000000205. The Hall–Kier alpha value is -14.1. The van der Waals surface area contributed by atoms with E-state index < -0.39 is 29.1 Å². The molecule has 1 N–H and O–H groups in total. The highest BCUT2D eigenvalue weighted by molar-refractivity contribution is 7.79. The smallest absolute Gasteiger partial charge is 0.310 e. The Morgan fingerprint density at radius 1 is 0.281 bits per heavy atom. The number of aliphatic hydroxyl groups is 1. The van der Waals surface area contributed by atoms with E-state index in [-0.39, 0.29) is 142 Å². The summed E-state index contributed by atoms with van der Waals surface area (Å²) in [4.78, 5) is 69.4. The molecule has 0 aromatic heterocycles. The van der Waals surface area contributed by atoms with Gasteiger partial charge in [0.25, 0.3) is 0 Å². The predicted molar refractivity (Wildman–Crippen MR) is 523 cm³/mol. The molecule has 0 spiro atoms. The zero-order chi connectivity index (χ0) is 101. The summed E-state index contributed by atoms with van der Waals surface area (Å²) < 4.78 is 154. The van der Waals surface area contributed by atoms with Crippen molar-refractivity contribution in [2.45, 2.75) is 220 Å². The molecule has 139 heavy (non-hydrogen) atoms. The first-order chi connectivity index (χ1) is 66.8. The van der Waals surface area contributed by atoms with E-state index in [1.807, 2.05) is 97.0 Å². The van der Waals surface area contributed by atoms with Crippen LogP contribution in [-0.4, -0.2) is 47.5 Å². The number of hydrogen-bond acceptors (Lipinski definition) is 21. The van der Waals surface area contributed by atoms with Gasteiger partial charge < -0.3 is 66.7 Å². The van der Waals surface area contributed by atoms with E-state index in [1.54, 1.807) is 189 Å². The fourth-order valence-electron chi connectivity index (χ4n) is 13.3. The van der Waals surface area contributed by atoms with Crippen molar-refractivity contribution in [3.05, 3.63) is 348 Å². The zero-order valence-electron chi connectivity index (χ0n) is 81.0. The highest BCUT2D eigenvalue weighted by atomic mass is 32.1. The quantitative estimate of drug-likeness (QED) is 0.0160. The van der Waals surface area contributed by atoms with Gasteiger partial charge in [-0.15, -0.1) is 0 Å². The van der Waals surface area contributed by atoms with Crippen LogP contribution in [-0.2, 0) is 87.2 Å². The van der Waals surface area contributed by atoms with E-state index in [1.165, 1.54) is 36.4 Å². The molecule has 13 rings (SSSR count). The van der Waals surface area contributed by atoms with Crippen LogP contribution in [0, 0.1) is 83.4 Å². The molecule has 1 saturated carbocycles. The lowest BCUT2D eigenvalue weighted by Crippen LogP contribution is -2.10. The van der Waals surface area contributed by atoms with Crippen LogP contribution in [0.25, 0.3) is 0 Å². The Bertz CT molecular complexity index is 5850. The number of thiol groups is 1. The molecule has 0 aliphatic heterocycles. The van der Waals surface area contributed by atoms with E-state index in [9.17, 15) is 60.2 Å². The number of carbonyl (C=O) groups is 6. The first kappa shape index (κ1) is 110. The van der Waals surface area contributed by atoms with E-state index in [4.69, 9.17) is 61.6 Å². The highest BCUT2D eigenvalue weighted by Crippen LogP contribution is 2.45. The molecule has 0 unspecified atom stereocenters. The van der Waals surface area contributed by atoms with Gasteiger partial charge in [-0.2, -0.15) is 12.6 Å². The fraction of sp³-hybridized carbons (Fsp3) is 0.304. The fourth-order valence-corrected chi connectivity index (χ4v) is 13.6. The predicted octanol–water partition coefficient (Wildman–Crippen LogP) is 26.2. The van der Waals surface area contributed by atoms with Crippen LogP contribution in [0.2, 0.25) is 0 Å². The average molecular weight is 1930 g/mol. The van der Waals surface area contributed by atoms with Crippen LogP contribution in [0.15, 0.2) is 218 Å². The lowest BCUT2D eigenvalue weighted by atomic mass is 10.0. The molecule has 0 atom stereocenters. The normalized spacial score (nSPS) is 11.0. The Kier molecular flexibility index (Phi) is 44.9. The van der Waals surface area contributed by atoms with Gasteiger partial charge in [-0.25, -0.2) is 26.3 Å². The number of benzene rings is 12. The Morgan fingerprint density at radius 2 is 0.525 bits per heavy atom. The van der Waals surface area contributed by atoms with Gasteiger partial charge in [0, 0.05) is 72.1 Å². The van der Waals surface area contributed by atoms with E-state index in [2.05, 4.69) is 12.6 Å². The molecular formula is C112H120F6O20S. The second kappa shape index (κ2) is 56.6. The number of esters is 6. The second-order valence-electron chi connectivity index (χ2n) is 32.0. The van der Waals surface area contributed by atoms with Crippen molar-refractivity contribution < 1.29 is 122 Å². The highest BCUT2D eigenvalue weighted by Gasteiger charge is 2.29. The molecule has 0 saturated heterocycles. The van der Waals surface area contributed by atoms with E-state index in [0.717, 1.165) is 91.6 Å². The summed E-state index contributed by atoms with van der Waals surface area (Å²) in [5, 5.41) is 9.45. The van der Waals surface area contributed by atoms with Crippen LogP contribution in [0.1, 0.15) is 207 Å². The van der Waals surface area contributed by atoms with Crippen LogP contribution in [0.5, 0.6) is 74.7 Å². The maximum Gasteiger partial charge on any atom is 0.310 e. The van der Waals surface area contributed by atoms with Crippen molar-refractivity contribution in [2.75, 3.05) is 6.61 Å². The van der Waals surface area contributed by atoms with Gasteiger partial charge in [-0.1, -0.05) is 152 Å². The number of halogens is 6. The van der Waals surface area contributed by atoms with Gasteiger partial charge in [0.05, 0.1) is 18.8 Å². The van der Waals surface area contributed by atoms with Crippen LogP contribution in [0.4, 0.5) is 26.3 Å². The van der Waals surface area contributed by atoms with Crippen molar-refractivity contribution in [3.63, 3.8) is 0 Å². The van der Waals surface area contributed by atoms with Gasteiger partial charge in [-0.3, -0.25) is 28.8 Å². The summed E-state index contributed by atoms with van der Waals surface area (Å²) >= 11 is 4.28. The van der Waals surface area contributed by atoms with E-state index in [0.29, 0.717) is 100 Å². The summed E-state index contributed by atoms with van der Waals surface area (Å²) in [6, 6.07) is 60.9. The first-order valence-corrected chi connectivity index (χ1v) is 46.5. The third kappa shape index (κ3) is 34.9. The van der Waals surface area contributed by atoms with Crippen molar-refractivity contribution in [1.82, 2.24) is 0 Å². The lowest BCUT2D eigenvalue weighted by Gasteiger charge is -2.15. The maximum atomic E-state index is 14.0. The molecule has 0 amide bonds. The topological polar surface area (TPSA) is 243 Å². The molecule has 736 valence electrons. The maximum absolute atomic E-state index is 14.0. The monoisotopic (exact) mass is 1930 g/mol. The second-order valence-corrected chi connectivity index (χ2v) is 32.3. The van der Waals surface area contributed by atoms with Crippen molar-refractivity contribution in [1.29, 1.82) is 0 Å². The average Bonchev–Trinajstić information content (AvgIpc) is 1.68. The van der Waals surface area contributed by atoms with Gasteiger partial charge in [0.1, 0.15) is 79.9 Å². The third-order valence-electron chi connectivity index (χ3n) is 21.2. The first-order valence-electron chi connectivity index (χ1n) is 45.8. The van der Waals surface area contributed by atoms with Crippen LogP contribution >= 0.6 is 12.6 Å². The van der Waals surface area contributed by atoms with Gasteiger partial charge in [0.2, 0.25) is 0 Å². The van der Waals surface area contributed by atoms with Crippen molar-refractivity contribution in [3.8, 4) is 74.7 Å². The summed E-state index contributed by atoms with van der Waals surface area (Å²) in [6.07, 6.45) is 4.67. The van der Waals surface area contributed by atoms with Crippen molar-refractivity contribution >= 4 is 48.4 Å². The molecule has 1 aliphatic carbocycles. The SMILES string of the molecule is CCC(=O)Oc1cccc(C)c1COc1ccc(C)cc1F.CCC(=O)Oc1cccc(C2CC2)c1COc1ccc(C)cc1F.CCC(=O)Oc1cccc(CC)c1COc1ccc(C)cc1F.CCC(=O)Oc1cccc(CO)c1COc1ccc(C)cc1F.CCC(=O)Oc1cccc(CS)c1COc1ccc(C)cc1F.CCOc1cccc(OC(=O)CC)c1COc1ccc(C)cc1F. The van der Waals surface area contributed by atoms with Gasteiger partial charge >= 0.3 is 35.8 Å². The summed E-state index contributed by atoms with van der Waals surface area (Å²) in [7, 11) is 0. The molecule has 12 aromatic rings. The minimum Gasteiger partial charge on any atom is -0.493 e. The standard InChI is InChI=1S/C20H21FO3.C19H21FO4.C19H21FO3.C18H19FO4.C18H19FO3S.C18H19FO3/c1-3-20(22)24-18-6-4-5-15(14-8-9-14)16(18)12-23-19-10-7-13(2)11-17(19)21;1-4-19(21)24-17-8-6-7-16(22-5-2)14(17)12-23-18-10-9-13(3)11-15(18)20;1-4-14-7-6-8-17(23-19(21)5-2)15(14)12-22-18-10-9-13(3)11-16(18)20;1-3-18(21)23-16-6-4-5-13(10-20)14(16)11-22-17-8-7-12(2)9-15(17)19;1-3-18(20)22-16-6-4-5-13(11-23)14(16)10-21-17-8-7-12(2)9-15(17)19;1-4-18(20)22-16-7-5-6-13(3)14(16)11-21-17-9-8-12(2)10-15(17)19/h4-7,10-11,14H,3,8-9,12H2,1-2H3;6-11H,4-5,12H2,1-3H3;6-11H,4-5,12H2,1-3H3;4-9,20H,3,10-11H2,1-2H3;4-9,23H,3,10-11H2,1-2H3;5-10H,4,11H2,1-3H3. The number of aryl methyl sites for hydroxylation is 8. The van der Waals surface area contributed by atoms with Gasteiger partial charge in [0.15, 0.2) is 69.4 Å². The van der Waals surface area contributed by atoms with Crippen molar-refractivity contribution in [2.24, 2.45) is 0 Å². The molecule has 0 bridgehead atoms. The lowest BCUT2D eigenvalue weighted by molar-refractivity contribution is -0.135. The number of carbonyl (C=O) groups excluding carboxylic acids is 6. The molecule has 20 nitrogen and oxygen atoms in total. The van der Waals surface area contributed by atoms with E-state index >= 15 is 0 Å². The summed E-state index contributed by atoms with van der Waals surface area (Å²) in [6.45, 7) is 27.8. The minimum atomic E-state index is -0.460. The molecule has 0 heterocycles. The summed E-state index contributed by atoms with van der Waals surface area (Å²) in [5.74, 6) is 0.563. The Morgan fingerprint density at radius 3 is 0.820 bits per heavy atom. The number of rotatable bonds is 36. The van der Waals surface area contributed by atoms with Gasteiger partial charge in [-0.05, 0) is 257 Å². The largest absolute Gasteiger partial charge is 0.493 e. The van der Waals surface area contributed by atoms with Crippen LogP contribution in [0.3, 0.4) is 0 Å². The zero-order valence-corrected chi connectivity index (χ0v) is 81.9. The Labute approximate surface area is 814 Å². The molecule has 27 heteroatoms. The molecule has 0 radical (unpaired) electrons. The minimum absolute atomic E-state index is 0.0109. The molecular weight excluding hydrogens is 1810 g/mol. The molecule has 1 fully saturated rings.